The second kappa shape index (κ2) is 3.00. The van der Waals surface area contributed by atoms with Gasteiger partial charge in [-0.15, -0.1) is 0 Å². The predicted molar refractivity (Wildman–Crippen MR) is 60.9 cm³/mol. The van der Waals surface area contributed by atoms with Crippen molar-refractivity contribution in [1.82, 2.24) is 10.2 Å². The highest BCUT2D eigenvalue weighted by Gasteiger charge is 2.60. The summed E-state index contributed by atoms with van der Waals surface area (Å²) < 4.78 is 0. The van der Waals surface area contributed by atoms with Crippen LogP contribution >= 0.6 is 0 Å². The molecule has 2 saturated carbocycles. The fourth-order valence-corrected chi connectivity index (χ4v) is 4.36. The average Bonchev–Trinajstić information content (AvgIpc) is 2.71. The molecule has 0 aromatic heterocycles. The minimum Gasteiger partial charge on any atom is -0.337 e. The van der Waals surface area contributed by atoms with Gasteiger partial charge in [-0.2, -0.15) is 0 Å². The summed E-state index contributed by atoms with van der Waals surface area (Å²) in [6.45, 7) is 2.02. The Morgan fingerprint density at radius 1 is 1.31 bits per heavy atom. The minimum atomic E-state index is 0.411. The van der Waals surface area contributed by atoms with E-state index in [9.17, 15) is 4.79 Å². The quantitative estimate of drug-likeness (QED) is 0.718. The largest absolute Gasteiger partial charge is 0.337 e. The zero-order valence-corrected chi connectivity index (χ0v) is 9.74. The summed E-state index contributed by atoms with van der Waals surface area (Å²) in [5.74, 6) is 0.908. The van der Waals surface area contributed by atoms with Crippen LogP contribution in [-0.4, -0.2) is 36.0 Å². The standard InChI is InChI=1S/C13H20N2O/c16-12(11-6-13(11)3-1-2-4-13)15-8-9-5-10(15)7-14-9/h9-11,14H,1-8H2/t9-,10-,11?/m0/s1. The molecule has 3 atom stereocenters. The van der Waals surface area contributed by atoms with E-state index in [0.717, 1.165) is 13.1 Å². The van der Waals surface area contributed by atoms with E-state index in [2.05, 4.69) is 10.2 Å². The number of hydrogen-bond acceptors (Lipinski definition) is 2. The molecule has 0 radical (unpaired) electrons. The second-order valence-electron chi connectivity index (χ2n) is 6.31. The molecular formula is C13H20N2O. The molecule has 16 heavy (non-hydrogen) atoms. The highest BCUT2D eigenvalue weighted by molar-refractivity contribution is 5.83. The lowest BCUT2D eigenvalue weighted by Gasteiger charge is -2.28. The maximum atomic E-state index is 12.5. The summed E-state index contributed by atoms with van der Waals surface area (Å²) in [5.41, 5.74) is 0.479. The van der Waals surface area contributed by atoms with Crippen molar-refractivity contribution in [3.05, 3.63) is 0 Å². The number of fused-ring (bicyclic) bond motifs is 2. The summed E-state index contributed by atoms with van der Waals surface area (Å²) in [6.07, 6.45) is 7.76. The van der Waals surface area contributed by atoms with Crippen molar-refractivity contribution in [3.63, 3.8) is 0 Å². The maximum Gasteiger partial charge on any atom is 0.226 e. The molecule has 2 saturated heterocycles. The molecule has 2 aliphatic heterocycles. The monoisotopic (exact) mass is 220 g/mol. The third-order valence-corrected chi connectivity index (χ3v) is 5.43. The number of likely N-dealkylation sites (tertiary alicyclic amines) is 1. The molecule has 0 aromatic rings. The molecule has 4 aliphatic rings. The van der Waals surface area contributed by atoms with E-state index in [0.29, 0.717) is 29.3 Å². The number of nitrogens with zero attached hydrogens (tertiary/aromatic N) is 1. The lowest BCUT2D eigenvalue weighted by Crippen LogP contribution is -2.47. The molecule has 1 amide bonds. The molecule has 1 N–H and O–H groups in total. The minimum absolute atomic E-state index is 0.411. The van der Waals surface area contributed by atoms with Crippen molar-refractivity contribution in [1.29, 1.82) is 0 Å². The van der Waals surface area contributed by atoms with Gasteiger partial charge in [0.15, 0.2) is 0 Å². The molecule has 4 fully saturated rings. The van der Waals surface area contributed by atoms with Crippen LogP contribution in [0.25, 0.3) is 0 Å². The first kappa shape index (κ1) is 9.46. The van der Waals surface area contributed by atoms with E-state index >= 15 is 0 Å². The van der Waals surface area contributed by atoms with Gasteiger partial charge in [0.05, 0.1) is 0 Å². The van der Waals surface area contributed by atoms with Crippen LogP contribution in [0.2, 0.25) is 0 Å². The van der Waals surface area contributed by atoms with Gasteiger partial charge in [0.1, 0.15) is 0 Å². The number of carbonyl (C=O) groups is 1. The summed E-state index contributed by atoms with van der Waals surface area (Å²) in [4.78, 5) is 14.7. The van der Waals surface area contributed by atoms with Crippen LogP contribution in [-0.2, 0) is 4.79 Å². The SMILES string of the molecule is O=C(C1CC12CCCC2)N1C[C@@H]2C[C@H]1CN2. The van der Waals surface area contributed by atoms with Crippen molar-refractivity contribution in [2.45, 2.75) is 50.6 Å². The number of carbonyl (C=O) groups excluding carboxylic acids is 1. The van der Waals surface area contributed by atoms with Gasteiger partial charge in [-0.05, 0) is 31.1 Å². The third kappa shape index (κ3) is 1.15. The first-order valence-corrected chi connectivity index (χ1v) is 6.82. The van der Waals surface area contributed by atoms with Crippen molar-refractivity contribution in [2.24, 2.45) is 11.3 Å². The van der Waals surface area contributed by atoms with Gasteiger partial charge in [0, 0.05) is 31.1 Å². The fraction of sp³-hybridized carbons (Fsp3) is 0.923. The normalized spacial score (nSPS) is 43.2. The van der Waals surface area contributed by atoms with Gasteiger partial charge in [-0.1, -0.05) is 12.8 Å². The molecule has 1 spiro atoms. The number of nitrogens with one attached hydrogen (secondary N) is 1. The first-order chi connectivity index (χ1) is 7.78. The lowest BCUT2D eigenvalue weighted by molar-refractivity contribution is -0.134. The Morgan fingerprint density at radius 2 is 2.12 bits per heavy atom. The van der Waals surface area contributed by atoms with Gasteiger partial charge < -0.3 is 10.2 Å². The van der Waals surface area contributed by atoms with Crippen LogP contribution in [0.5, 0.6) is 0 Å². The van der Waals surface area contributed by atoms with E-state index in [1.54, 1.807) is 0 Å². The van der Waals surface area contributed by atoms with Crippen molar-refractivity contribution < 1.29 is 4.79 Å². The smallest absolute Gasteiger partial charge is 0.226 e. The van der Waals surface area contributed by atoms with Crippen LogP contribution in [0.4, 0.5) is 0 Å². The molecule has 0 aromatic carbocycles. The van der Waals surface area contributed by atoms with Gasteiger partial charge in [0.25, 0.3) is 0 Å². The zero-order chi connectivity index (χ0) is 10.8. The Bertz CT molecular complexity index is 335. The highest BCUT2D eigenvalue weighted by atomic mass is 16.2. The van der Waals surface area contributed by atoms with Crippen molar-refractivity contribution >= 4 is 5.91 Å². The number of piperazine rings is 1. The highest BCUT2D eigenvalue weighted by Crippen LogP contribution is 2.63. The van der Waals surface area contributed by atoms with Crippen LogP contribution in [0.3, 0.4) is 0 Å². The van der Waals surface area contributed by atoms with Crippen LogP contribution < -0.4 is 5.32 Å². The van der Waals surface area contributed by atoms with Gasteiger partial charge in [-0.3, -0.25) is 4.79 Å². The molecule has 2 heterocycles. The lowest BCUT2D eigenvalue weighted by atomic mass is 10.0. The predicted octanol–water partition coefficient (Wildman–Crippen LogP) is 1.14. The Morgan fingerprint density at radius 3 is 2.75 bits per heavy atom. The molecule has 88 valence electrons. The summed E-state index contributed by atoms with van der Waals surface area (Å²) in [5, 5.41) is 3.47. The van der Waals surface area contributed by atoms with Crippen LogP contribution in [0.15, 0.2) is 0 Å². The summed E-state index contributed by atoms with van der Waals surface area (Å²) in [6, 6.07) is 1.13. The topological polar surface area (TPSA) is 32.3 Å². The molecule has 2 bridgehead atoms. The number of rotatable bonds is 1. The van der Waals surface area contributed by atoms with E-state index in [4.69, 9.17) is 0 Å². The maximum absolute atomic E-state index is 12.5. The number of hydrogen-bond donors (Lipinski definition) is 1. The fourth-order valence-electron chi connectivity index (χ4n) is 4.36. The molecule has 3 nitrogen and oxygen atoms in total. The Hall–Kier alpha value is -0.570. The van der Waals surface area contributed by atoms with Gasteiger partial charge in [0.2, 0.25) is 5.91 Å². The van der Waals surface area contributed by atoms with Crippen molar-refractivity contribution in [2.75, 3.05) is 13.1 Å². The molecule has 3 heteroatoms. The Balaban J connectivity index is 1.47. The molecule has 2 aliphatic carbocycles. The molecular weight excluding hydrogens is 200 g/mol. The summed E-state index contributed by atoms with van der Waals surface area (Å²) in [7, 11) is 0. The molecule has 1 unspecified atom stereocenters. The van der Waals surface area contributed by atoms with Gasteiger partial charge >= 0.3 is 0 Å². The zero-order valence-electron chi connectivity index (χ0n) is 9.74. The van der Waals surface area contributed by atoms with E-state index in [1.165, 1.54) is 38.5 Å². The van der Waals surface area contributed by atoms with Gasteiger partial charge in [-0.25, -0.2) is 0 Å². The number of amides is 1. The average molecular weight is 220 g/mol. The van der Waals surface area contributed by atoms with E-state index in [-0.39, 0.29) is 0 Å². The van der Waals surface area contributed by atoms with Crippen molar-refractivity contribution in [3.8, 4) is 0 Å². The molecule has 4 rings (SSSR count). The second-order valence-corrected chi connectivity index (χ2v) is 6.31. The summed E-state index contributed by atoms with van der Waals surface area (Å²) >= 11 is 0. The Labute approximate surface area is 96.6 Å². The first-order valence-electron chi connectivity index (χ1n) is 6.82. The van der Waals surface area contributed by atoms with Crippen LogP contribution in [0.1, 0.15) is 38.5 Å². The van der Waals surface area contributed by atoms with E-state index in [1.807, 2.05) is 0 Å². The Kier molecular flexibility index (Phi) is 1.78. The van der Waals surface area contributed by atoms with E-state index < -0.39 is 0 Å². The van der Waals surface area contributed by atoms with Crippen LogP contribution in [0, 0.1) is 11.3 Å². The third-order valence-electron chi connectivity index (χ3n) is 5.43.